The summed E-state index contributed by atoms with van der Waals surface area (Å²) in [6.07, 6.45) is 0.814. The number of phenols is 1. The van der Waals surface area contributed by atoms with Crippen molar-refractivity contribution in [2.45, 2.75) is 25.9 Å². The van der Waals surface area contributed by atoms with E-state index in [0.29, 0.717) is 22.9 Å². The number of nitrogens with one attached hydrogen (secondary N) is 1. The van der Waals surface area contributed by atoms with Gasteiger partial charge in [0.2, 0.25) is 0 Å². The number of ether oxygens (including phenoxy) is 1. The highest BCUT2D eigenvalue weighted by Gasteiger charge is 2.11. The van der Waals surface area contributed by atoms with Gasteiger partial charge in [-0.15, -0.1) is 0 Å². The van der Waals surface area contributed by atoms with Crippen molar-refractivity contribution in [3.8, 4) is 11.5 Å². The zero-order chi connectivity index (χ0) is 12.8. The van der Waals surface area contributed by atoms with Gasteiger partial charge in [-0.25, -0.2) is 0 Å². The third kappa shape index (κ3) is 3.77. The molecular weight excluding hydrogens is 242 g/mol. The molecule has 0 saturated carbocycles. The lowest BCUT2D eigenvalue weighted by molar-refractivity contribution is 0.237. The average Bonchev–Trinajstić information content (AvgIpc) is 2.34. The number of hydrogen-bond donors (Lipinski definition) is 3. The first kappa shape index (κ1) is 14.1. The Labute approximate surface area is 106 Å². The van der Waals surface area contributed by atoms with Crippen molar-refractivity contribution in [1.29, 1.82) is 0 Å². The van der Waals surface area contributed by atoms with Crippen molar-refractivity contribution < 1.29 is 14.9 Å². The van der Waals surface area contributed by atoms with Crippen LogP contribution in [0, 0.1) is 0 Å². The summed E-state index contributed by atoms with van der Waals surface area (Å²) in [5.74, 6) is 0.434. The van der Waals surface area contributed by atoms with E-state index in [2.05, 4.69) is 5.32 Å². The molecule has 0 saturated heterocycles. The molecule has 0 spiro atoms. The molecule has 1 aromatic rings. The van der Waals surface area contributed by atoms with Crippen molar-refractivity contribution in [2.75, 3.05) is 13.7 Å². The highest BCUT2D eigenvalue weighted by molar-refractivity contribution is 6.30. The van der Waals surface area contributed by atoms with Gasteiger partial charge in [-0.2, -0.15) is 0 Å². The third-order valence-corrected chi connectivity index (χ3v) is 2.85. The molecule has 3 N–H and O–H groups in total. The first-order chi connectivity index (χ1) is 8.12. The molecule has 5 heteroatoms. The van der Waals surface area contributed by atoms with Gasteiger partial charge in [0.15, 0.2) is 11.5 Å². The van der Waals surface area contributed by atoms with Gasteiger partial charge in [-0.3, -0.25) is 0 Å². The van der Waals surface area contributed by atoms with Crippen LogP contribution < -0.4 is 10.1 Å². The average molecular weight is 260 g/mol. The van der Waals surface area contributed by atoms with Crippen LogP contribution >= 0.6 is 11.6 Å². The zero-order valence-corrected chi connectivity index (χ0v) is 10.8. The number of aromatic hydroxyl groups is 1. The molecule has 0 aromatic heterocycles. The number of halogens is 1. The summed E-state index contributed by atoms with van der Waals surface area (Å²) in [5, 5.41) is 22.6. The molecule has 0 bridgehead atoms. The second-order valence-corrected chi connectivity index (χ2v) is 4.22. The number of benzene rings is 1. The summed E-state index contributed by atoms with van der Waals surface area (Å²) < 4.78 is 5.01. The maximum atomic E-state index is 9.89. The Morgan fingerprint density at radius 3 is 2.71 bits per heavy atom. The maximum Gasteiger partial charge on any atom is 0.162 e. The molecule has 1 rings (SSSR count). The van der Waals surface area contributed by atoms with Crippen molar-refractivity contribution in [3.05, 3.63) is 22.7 Å². The van der Waals surface area contributed by atoms with Gasteiger partial charge < -0.3 is 20.3 Å². The van der Waals surface area contributed by atoms with E-state index in [1.54, 1.807) is 12.1 Å². The molecule has 0 aliphatic carbocycles. The Morgan fingerprint density at radius 1 is 1.47 bits per heavy atom. The van der Waals surface area contributed by atoms with E-state index >= 15 is 0 Å². The van der Waals surface area contributed by atoms with E-state index in [1.807, 2.05) is 6.92 Å². The number of rotatable bonds is 6. The summed E-state index contributed by atoms with van der Waals surface area (Å²) in [5.41, 5.74) is 0.654. The van der Waals surface area contributed by atoms with Crippen molar-refractivity contribution in [1.82, 2.24) is 5.32 Å². The molecule has 0 heterocycles. The minimum Gasteiger partial charge on any atom is -0.504 e. The second kappa shape index (κ2) is 6.69. The fraction of sp³-hybridized carbons (Fsp3) is 0.500. The zero-order valence-electron chi connectivity index (χ0n) is 10.0. The monoisotopic (exact) mass is 259 g/mol. The molecule has 0 amide bonds. The van der Waals surface area contributed by atoms with Crippen LogP contribution in [0.25, 0.3) is 0 Å². The Morgan fingerprint density at radius 2 is 2.18 bits per heavy atom. The smallest absolute Gasteiger partial charge is 0.162 e. The fourth-order valence-electron chi connectivity index (χ4n) is 1.51. The molecule has 17 heavy (non-hydrogen) atoms. The van der Waals surface area contributed by atoms with Crippen LogP contribution in [0.3, 0.4) is 0 Å². The van der Waals surface area contributed by atoms with Gasteiger partial charge in [0.05, 0.1) is 13.7 Å². The molecular formula is C12H18ClNO3. The topological polar surface area (TPSA) is 61.7 Å². The minimum absolute atomic E-state index is 0.0133. The standard InChI is InChI=1S/C12H18ClNO3/c1-3-10(7-15)14-6-8-4-9(13)5-11(17-2)12(8)16/h4-5,10,14-16H,3,6-7H2,1-2H3/t10-/m0/s1. The first-order valence-electron chi connectivity index (χ1n) is 5.52. The van der Waals surface area contributed by atoms with Crippen LogP contribution in [0.15, 0.2) is 12.1 Å². The highest BCUT2D eigenvalue weighted by atomic mass is 35.5. The Bertz CT molecular complexity index is 367. The van der Waals surface area contributed by atoms with E-state index in [-0.39, 0.29) is 18.4 Å². The second-order valence-electron chi connectivity index (χ2n) is 3.78. The van der Waals surface area contributed by atoms with E-state index in [9.17, 15) is 5.11 Å². The lowest BCUT2D eigenvalue weighted by Crippen LogP contribution is -2.31. The Balaban J connectivity index is 2.80. The molecule has 96 valence electrons. The maximum absolute atomic E-state index is 9.89. The number of hydrogen-bond acceptors (Lipinski definition) is 4. The largest absolute Gasteiger partial charge is 0.504 e. The summed E-state index contributed by atoms with van der Waals surface area (Å²) >= 11 is 5.92. The van der Waals surface area contributed by atoms with Crippen LogP contribution in [-0.2, 0) is 6.54 Å². The fourth-order valence-corrected chi connectivity index (χ4v) is 1.74. The van der Waals surface area contributed by atoms with Crippen molar-refractivity contribution >= 4 is 11.6 Å². The third-order valence-electron chi connectivity index (χ3n) is 2.63. The van der Waals surface area contributed by atoms with Crippen LogP contribution in [0.1, 0.15) is 18.9 Å². The van der Waals surface area contributed by atoms with E-state index < -0.39 is 0 Å². The van der Waals surface area contributed by atoms with Crippen LogP contribution in [0.5, 0.6) is 11.5 Å². The molecule has 4 nitrogen and oxygen atoms in total. The summed E-state index contributed by atoms with van der Waals surface area (Å²) in [7, 11) is 1.48. The number of aliphatic hydroxyl groups is 1. The Hall–Kier alpha value is -0.970. The molecule has 0 radical (unpaired) electrons. The van der Waals surface area contributed by atoms with Gasteiger partial charge in [-0.05, 0) is 12.5 Å². The summed E-state index contributed by atoms with van der Waals surface area (Å²) in [6.45, 7) is 2.48. The molecule has 0 aliphatic heterocycles. The number of methoxy groups -OCH3 is 1. The molecule has 1 aromatic carbocycles. The molecule has 1 atom stereocenters. The van der Waals surface area contributed by atoms with Gasteiger partial charge >= 0.3 is 0 Å². The number of phenolic OH excluding ortho intramolecular Hbond substituents is 1. The molecule has 0 unspecified atom stereocenters. The molecule has 0 fully saturated rings. The molecule has 0 aliphatic rings. The van der Waals surface area contributed by atoms with Crippen LogP contribution in [-0.4, -0.2) is 30.0 Å². The van der Waals surface area contributed by atoms with Crippen LogP contribution in [0.4, 0.5) is 0 Å². The lowest BCUT2D eigenvalue weighted by Gasteiger charge is -2.15. The Kier molecular flexibility index (Phi) is 5.55. The van der Waals surface area contributed by atoms with Gasteiger partial charge in [-0.1, -0.05) is 18.5 Å². The first-order valence-corrected chi connectivity index (χ1v) is 5.89. The quantitative estimate of drug-likeness (QED) is 0.730. The van der Waals surface area contributed by atoms with Gasteiger partial charge in [0.1, 0.15) is 0 Å². The summed E-state index contributed by atoms with van der Waals surface area (Å²) in [4.78, 5) is 0. The highest BCUT2D eigenvalue weighted by Crippen LogP contribution is 2.33. The van der Waals surface area contributed by atoms with Crippen molar-refractivity contribution in [2.24, 2.45) is 0 Å². The minimum atomic E-state index is 0.0133. The van der Waals surface area contributed by atoms with Crippen LogP contribution in [0.2, 0.25) is 5.02 Å². The van der Waals surface area contributed by atoms with Crippen molar-refractivity contribution in [3.63, 3.8) is 0 Å². The van der Waals surface area contributed by atoms with Gasteiger partial charge in [0.25, 0.3) is 0 Å². The van der Waals surface area contributed by atoms with E-state index in [1.165, 1.54) is 7.11 Å². The normalized spacial score (nSPS) is 12.5. The lowest BCUT2D eigenvalue weighted by atomic mass is 10.1. The number of aliphatic hydroxyl groups excluding tert-OH is 1. The van der Waals surface area contributed by atoms with E-state index in [4.69, 9.17) is 21.4 Å². The SMILES string of the molecule is CC[C@@H](CO)NCc1cc(Cl)cc(OC)c1O. The predicted molar refractivity (Wildman–Crippen MR) is 67.7 cm³/mol. The van der Waals surface area contributed by atoms with E-state index in [0.717, 1.165) is 6.42 Å². The predicted octanol–water partition coefficient (Wildman–Crippen LogP) is 1.91. The van der Waals surface area contributed by atoms with Gasteiger partial charge in [0, 0.05) is 29.2 Å². The summed E-state index contributed by atoms with van der Waals surface area (Å²) in [6, 6.07) is 3.25.